The van der Waals surface area contributed by atoms with Crippen molar-refractivity contribution < 1.29 is 61.1 Å². The van der Waals surface area contributed by atoms with E-state index in [2.05, 4.69) is 124 Å². The first kappa shape index (κ1) is 58.7. The summed E-state index contributed by atoms with van der Waals surface area (Å²) in [6.45, 7) is 19.5. The Bertz CT molecular complexity index is 3120. The van der Waals surface area contributed by atoms with E-state index in [-0.39, 0.29) is 85.0 Å². The van der Waals surface area contributed by atoms with Crippen molar-refractivity contribution in [2.45, 2.75) is 91.9 Å². The van der Waals surface area contributed by atoms with Crippen LogP contribution >= 0.6 is 0 Å². The SMILES string of the molecule is CCCc1nn(C)c(O)c1N=Nc1cc([N+](=O)[O-])ccc1O.CCCc1nn(C)c(O)c1N=Nc1cc([N+](=O)[O-])ccc1O.CCN1C(=CC2=[N+](CC)c3ccc(OC)cc3C2(C)C)C(C)(C)c2cc(OC)ccc21.[Co]. The molecule has 0 saturated heterocycles. The molecule has 0 unspecified atom stereocenters. The monoisotopic (exact) mass is 1090 g/mol. The van der Waals surface area contributed by atoms with Crippen LogP contribution < -0.4 is 14.4 Å². The predicted molar refractivity (Wildman–Crippen MR) is 284 cm³/mol. The van der Waals surface area contributed by atoms with E-state index in [1.165, 1.54) is 67.5 Å². The number of likely N-dealkylation sites (N-methyl/N-ethyl adjacent to an activating group) is 1. The van der Waals surface area contributed by atoms with Gasteiger partial charge in [0, 0.05) is 96.2 Å². The van der Waals surface area contributed by atoms with Crippen molar-refractivity contribution >= 4 is 51.2 Å². The number of non-ortho nitro benzene ring substituents is 2. The molecule has 0 atom stereocenters. The van der Waals surface area contributed by atoms with Crippen molar-refractivity contribution in [2.75, 3.05) is 32.2 Å². The van der Waals surface area contributed by atoms with E-state index in [0.717, 1.165) is 49.6 Å². The molecule has 0 amide bonds. The Balaban J connectivity index is 0.000000214. The largest absolute Gasteiger partial charge is 0.506 e. The van der Waals surface area contributed by atoms with E-state index < -0.39 is 9.85 Å². The topological polar surface area (TPSA) is 277 Å². The molecule has 8 rings (SSSR count). The molecule has 0 spiro atoms. The molecule has 405 valence electrons. The predicted octanol–water partition coefficient (Wildman–Crippen LogP) is 12.0. The fourth-order valence-corrected chi connectivity index (χ4v) is 9.04. The molecule has 4 heterocycles. The molecule has 0 fully saturated rings. The Morgan fingerprint density at radius 2 is 1.12 bits per heavy atom. The summed E-state index contributed by atoms with van der Waals surface area (Å²) in [6.07, 6.45) is 5.25. The van der Waals surface area contributed by atoms with Gasteiger partial charge in [0.25, 0.3) is 11.4 Å². The minimum absolute atomic E-state index is 0. The van der Waals surface area contributed by atoms with Crippen LogP contribution in [0.15, 0.2) is 105 Å². The summed E-state index contributed by atoms with van der Waals surface area (Å²) in [5.41, 5.74) is 8.60. The molecule has 23 heteroatoms. The Labute approximate surface area is 450 Å². The fraction of sp³-hybridized carbons (Fsp3) is 0.377. The number of benzene rings is 4. The summed E-state index contributed by atoms with van der Waals surface area (Å²) in [7, 11) is 6.61. The summed E-state index contributed by atoms with van der Waals surface area (Å²) in [4.78, 5) is 22.7. The fourth-order valence-electron chi connectivity index (χ4n) is 9.04. The second-order valence-electron chi connectivity index (χ2n) is 18.7. The van der Waals surface area contributed by atoms with Crippen LogP contribution in [-0.4, -0.2) is 87.4 Å². The maximum atomic E-state index is 10.7. The van der Waals surface area contributed by atoms with Crippen molar-refractivity contribution in [3.05, 3.63) is 127 Å². The van der Waals surface area contributed by atoms with E-state index in [1.54, 1.807) is 28.3 Å². The molecule has 76 heavy (non-hydrogen) atoms. The third-order valence-electron chi connectivity index (χ3n) is 13.1. The normalized spacial score (nSPS) is 14.5. The molecule has 1 radical (unpaired) electrons. The molecule has 0 aliphatic carbocycles. The van der Waals surface area contributed by atoms with Gasteiger partial charge in [0.05, 0.1) is 40.9 Å². The number of nitro benzene ring substituents is 2. The summed E-state index contributed by atoms with van der Waals surface area (Å²) in [5, 5.41) is 84.3. The number of fused-ring (bicyclic) bond motifs is 2. The first-order valence-corrected chi connectivity index (χ1v) is 24.4. The molecule has 6 aromatic rings. The van der Waals surface area contributed by atoms with Crippen LogP contribution in [0.4, 0.5) is 45.5 Å². The number of aromatic hydroxyl groups is 4. The molecule has 22 nitrogen and oxygen atoms in total. The van der Waals surface area contributed by atoms with Gasteiger partial charge in [0.2, 0.25) is 17.4 Å². The van der Waals surface area contributed by atoms with Gasteiger partial charge in [-0.25, -0.2) is 9.36 Å². The Morgan fingerprint density at radius 3 is 1.54 bits per heavy atom. The van der Waals surface area contributed by atoms with Crippen LogP contribution in [-0.2, 0) is 54.5 Å². The molecular formula is C53H65CoN12O10+. The quantitative estimate of drug-likeness (QED) is 0.0323. The average molecular weight is 1090 g/mol. The number of methoxy groups -OCH3 is 2. The maximum Gasteiger partial charge on any atom is 0.271 e. The van der Waals surface area contributed by atoms with Crippen LogP contribution in [0.25, 0.3) is 0 Å². The number of phenols is 2. The second kappa shape index (κ2) is 24.4. The number of aryl methyl sites for hydroxylation is 4. The molecular weight excluding hydrogens is 1020 g/mol. The zero-order valence-electron chi connectivity index (χ0n) is 44.7. The number of ether oxygens (including phenoxy) is 2. The van der Waals surface area contributed by atoms with Gasteiger partial charge in [-0.1, -0.05) is 40.5 Å². The van der Waals surface area contributed by atoms with Crippen LogP contribution in [0.2, 0.25) is 0 Å². The van der Waals surface area contributed by atoms with Gasteiger partial charge in [-0.05, 0) is 88.6 Å². The third-order valence-corrected chi connectivity index (χ3v) is 13.1. The summed E-state index contributed by atoms with van der Waals surface area (Å²) in [5.74, 6) is 1.03. The minimum Gasteiger partial charge on any atom is -0.506 e. The van der Waals surface area contributed by atoms with E-state index in [1.807, 2.05) is 13.8 Å². The van der Waals surface area contributed by atoms with Crippen molar-refractivity contribution in [1.29, 1.82) is 0 Å². The van der Waals surface area contributed by atoms with Crippen LogP contribution in [0, 0.1) is 20.2 Å². The smallest absolute Gasteiger partial charge is 0.271 e. The standard InChI is InChI=1S/C27H35N2O2.2C13H15N5O4.Co/c1-9-28-22-13-11-18(30-7)15-20(22)26(3,4)24(28)17-25-27(5,6)21-16-19(31-8)12-14-23(21)29(25)10-2;2*1-3-4-9-12(13(20)17(2)16-9)15-14-10-7-8(18(21)22)5-6-11(10)19;/h11-17H,9-10H2,1-8H3;2*5-7,19-20H,3-4H2,1-2H3;/q+1;;;. The maximum absolute atomic E-state index is 10.7. The number of aromatic nitrogens is 4. The van der Waals surface area contributed by atoms with Gasteiger partial charge in [0.15, 0.2) is 17.1 Å². The number of nitro groups is 2. The summed E-state index contributed by atoms with van der Waals surface area (Å²) in [6, 6.07) is 19.8. The van der Waals surface area contributed by atoms with Gasteiger partial charge in [-0.15, -0.1) is 20.5 Å². The van der Waals surface area contributed by atoms with Crippen LogP contribution in [0.3, 0.4) is 0 Å². The van der Waals surface area contributed by atoms with Gasteiger partial charge in [-0.2, -0.15) is 14.8 Å². The van der Waals surface area contributed by atoms with Crippen LogP contribution in [0.1, 0.15) is 90.7 Å². The Hall–Kier alpha value is -8.18. The summed E-state index contributed by atoms with van der Waals surface area (Å²) < 4.78 is 16.1. The van der Waals surface area contributed by atoms with E-state index in [0.29, 0.717) is 24.2 Å². The molecule has 4 aromatic carbocycles. The zero-order chi connectivity index (χ0) is 55.1. The van der Waals surface area contributed by atoms with E-state index in [4.69, 9.17) is 9.47 Å². The molecule has 4 N–H and O–H groups in total. The number of hydrogen-bond donors (Lipinski definition) is 4. The van der Waals surface area contributed by atoms with Crippen molar-refractivity contribution in [3.8, 4) is 34.8 Å². The van der Waals surface area contributed by atoms with Crippen molar-refractivity contribution in [1.82, 2.24) is 19.6 Å². The van der Waals surface area contributed by atoms with E-state index >= 15 is 0 Å². The molecule has 2 aromatic heterocycles. The Kier molecular flexibility index (Phi) is 18.9. The van der Waals surface area contributed by atoms with Gasteiger partial charge >= 0.3 is 0 Å². The number of rotatable bonds is 15. The number of azo groups is 2. The van der Waals surface area contributed by atoms with E-state index in [9.17, 15) is 40.7 Å². The second-order valence-corrected chi connectivity index (χ2v) is 18.7. The summed E-state index contributed by atoms with van der Waals surface area (Å²) >= 11 is 0. The van der Waals surface area contributed by atoms with Crippen molar-refractivity contribution in [2.24, 2.45) is 34.6 Å². The van der Waals surface area contributed by atoms with Gasteiger partial charge in [0.1, 0.15) is 40.9 Å². The van der Waals surface area contributed by atoms with Crippen molar-refractivity contribution in [3.63, 3.8) is 0 Å². The van der Waals surface area contributed by atoms with Gasteiger partial charge in [-0.3, -0.25) is 20.2 Å². The molecule has 0 bridgehead atoms. The average Bonchev–Trinajstić information content (AvgIpc) is 3.98. The first-order chi connectivity index (χ1) is 35.6. The number of anilines is 1. The van der Waals surface area contributed by atoms with Crippen LogP contribution in [0.5, 0.6) is 34.8 Å². The Morgan fingerprint density at radius 1 is 0.658 bits per heavy atom. The first-order valence-electron chi connectivity index (χ1n) is 24.4. The molecule has 0 saturated carbocycles. The number of allylic oxidation sites excluding steroid dienone is 2. The van der Waals surface area contributed by atoms with Gasteiger partial charge < -0.3 is 34.8 Å². The molecule has 2 aliphatic heterocycles. The minimum atomic E-state index is -0.595. The zero-order valence-corrected chi connectivity index (χ0v) is 45.7. The number of hydrogen-bond acceptors (Lipinski definition) is 17. The number of phenolic OH excluding ortho intramolecular Hbond substituents is 2. The third kappa shape index (κ3) is 12.0. The number of nitrogens with zero attached hydrogens (tertiary/aromatic N) is 12. The molecule has 2 aliphatic rings.